The lowest BCUT2D eigenvalue weighted by Crippen LogP contribution is -2.27. The zero-order valence-corrected chi connectivity index (χ0v) is 10.4. The lowest BCUT2D eigenvalue weighted by Gasteiger charge is -2.24. The number of anilines is 1. The molecule has 0 saturated carbocycles. The summed E-state index contributed by atoms with van der Waals surface area (Å²) < 4.78 is 0. The first-order valence-corrected chi connectivity index (χ1v) is 6.53. The molecule has 1 aromatic heterocycles. The van der Waals surface area contributed by atoms with Crippen molar-refractivity contribution in [3.8, 4) is 0 Å². The highest BCUT2D eigenvalue weighted by Gasteiger charge is 2.09. The number of nitrogens with one attached hydrogen (secondary N) is 1. The van der Waals surface area contributed by atoms with Crippen molar-refractivity contribution in [1.82, 2.24) is 9.88 Å². The molecular formula is C13H22N4. The molecule has 1 fully saturated rings. The fourth-order valence-electron chi connectivity index (χ4n) is 2.35. The first-order chi connectivity index (χ1) is 8.38. The molecule has 4 nitrogen and oxygen atoms in total. The number of hydrogen-bond donors (Lipinski definition) is 2. The molecular weight excluding hydrogens is 212 g/mol. The number of hydrogen-bond acceptors (Lipinski definition) is 4. The van der Waals surface area contributed by atoms with E-state index >= 15 is 0 Å². The second kappa shape index (κ2) is 6.57. The minimum atomic E-state index is 0.745. The highest BCUT2D eigenvalue weighted by atomic mass is 15.3. The fourth-order valence-corrected chi connectivity index (χ4v) is 2.35. The molecule has 1 aromatic rings. The van der Waals surface area contributed by atoms with Gasteiger partial charge in [0.1, 0.15) is 5.82 Å². The maximum atomic E-state index is 5.37. The number of nitrogen functional groups attached to an aromatic ring is 1. The number of likely N-dealkylation sites (tertiary alicyclic amines) is 1. The van der Waals surface area contributed by atoms with Crippen LogP contribution in [0.15, 0.2) is 18.2 Å². The predicted octanol–water partition coefficient (Wildman–Crippen LogP) is 2.13. The SMILES string of the molecule is NNc1cccc(CN2CCCCCCC2)n1. The molecule has 3 N–H and O–H groups in total. The maximum absolute atomic E-state index is 5.37. The molecule has 4 heteroatoms. The first kappa shape index (κ1) is 12.3. The van der Waals surface area contributed by atoms with Crippen molar-refractivity contribution in [1.29, 1.82) is 0 Å². The van der Waals surface area contributed by atoms with Gasteiger partial charge in [-0.05, 0) is 38.1 Å². The van der Waals surface area contributed by atoms with Gasteiger partial charge < -0.3 is 5.43 Å². The summed E-state index contributed by atoms with van der Waals surface area (Å²) in [5.41, 5.74) is 3.70. The van der Waals surface area contributed by atoms with Crippen LogP contribution in [-0.2, 0) is 6.54 Å². The molecule has 1 saturated heterocycles. The van der Waals surface area contributed by atoms with Gasteiger partial charge in [0.15, 0.2) is 0 Å². The summed E-state index contributed by atoms with van der Waals surface area (Å²) in [6.07, 6.45) is 6.77. The molecule has 1 aliphatic rings. The average Bonchev–Trinajstić information content (AvgIpc) is 2.33. The quantitative estimate of drug-likeness (QED) is 0.621. The second-order valence-electron chi connectivity index (χ2n) is 4.70. The van der Waals surface area contributed by atoms with Crippen molar-refractivity contribution in [2.75, 3.05) is 18.5 Å². The minimum absolute atomic E-state index is 0.745. The maximum Gasteiger partial charge on any atom is 0.140 e. The van der Waals surface area contributed by atoms with E-state index < -0.39 is 0 Å². The first-order valence-electron chi connectivity index (χ1n) is 6.53. The lowest BCUT2D eigenvalue weighted by molar-refractivity contribution is 0.237. The molecule has 0 aromatic carbocycles. The average molecular weight is 234 g/mol. The fraction of sp³-hybridized carbons (Fsp3) is 0.615. The second-order valence-corrected chi connectivity index (χ2v) is 4.70. The van der Waals surface area contributed by atoms with Gasteiger partial charge >= 0.3 is 0 Å². The van der Waals surface area contributed by atoms with E-state index in [9.17, 15) is 0 Å². The molecule has 1 aliphatic heterocycles. The van der Waals surface area contributed by atoms with E-state index in [1.165, 1.54) is 45.2 Å². The van der Waals surface area contributed by atoms with Crippen LogP contribution in [0.1, 0.15) is 37.8 Å². The van der Waals surface area contributed by atoms with Gasteiger partial charge in [0, 0.05) is 6.54 Å². The Morgan fingerprint density at radius 2 is 1.82 bits per heavy atom. The van der Waals surface area contributed by atoms with E-state index in [4.69, 9.17) is 5.84 Å². The summed E-state index contributed by atoms with van der Waals surface area (Å²) in [7, 11) is 0. The van der Waals surface area contributed by atoms with Crippen LogP contribution >= 0.6 is 0 Å². The molecule has 0 bridgehead atoms. The van der Waals surface area contributed by atoms with Crippen molar-refractivity contribution in [2.45, 2.75) is 38.6 Å². The van der Waals surface area contributed by atoms with E-state index in [1.54, 1.807) is 0 Å². The Balaban J connectivity index is 1.93. The summed E-state index contributed by atoms with van der Waals surface area (Å²) in [6, 6.07) is 5.96. The van der Waals surface area contributed by atoms with Crippen molar-refractivity contribution in [3.63, 3.8) is 0 Å². The predicted molar refractivity (Wildman–Crippen MR) is 70.4 cm³/mol. The van der Waals surface area contributed by atoms with Crippen LogP contribution in [0.2, 0.25) is 0 Å². The number of nitrogens with zero attached hydrogens (tertiary/aromatic N) is 2. The number of nitrogens with two attached hydrogens (primary N) is 1. The summed E-state index contributed by atoms with van der Waals surface area (Å²) in [5.74, 6) is 6.12. The van der Waals surface area contributed by atoms with Crippen LogP contribution in [0, 0.1) is 0 Å². The van der Waals surface area contributed by atoms with Gasteiger partial charge in [-0.15, -0.1) is 0 Å². The Hall–Kier alpha value is -1.13. The number of pyridine rings is 1. The Morgan fingerprint density at radius 3 is 2.53 bits per heavy atom. The molecule has 0 radical (unpaired) electrons. The summed E-state index contributed by atoms with van der Waals surface area (Å²) in [4.78, 5) is 6.96. The van der Waals surface area contributed by atoms with E-state index in [2.05, 4.69) is 21.4 Å². The zero-order valence-electron chi connectivity index (χ0n) is 10.4. The van der Waals surface area contributed by atoms with Crippen LogP contribution in [0.5, 0.6) is 0 Å². The van der Waals surface area contributed by atoms with Crippen molar-refractivity contribution in [2.24, 2.45) is 5.84 Å². The molecule has 17 heavy (non-hydrogen) atoms. The van der Waals surface area contributed by atoms with Gasteiger partial charge in [0.25, 0.3) is 0 Å². The topological polar surface area (TPSA) is 54.2 Å². The van der Waals surface area contributed by atoms with E-state index in [-0.39, 0.29) is 0 Å². The van der Waals surface area contributed by atoms with E-state index in [1.807, 2.05) is 12.1 Å². The third-order valence-corrected chi connectivity index (χ3v) is 3.29. The van der Waals surface area contributed by atoms with Crippen LogP contribution in [0.25, 0.3) is 0 Å². The lowest BCUT2D eigenvalue weighted by atomic mass is 10.1. The Bertz CT molecular complexity index is 332. The molecule has 94 valence electrons. The normalized spacial score (nSPS) is 18.4. The highest BCUT2D eigenvalue weighted by molar-refractivity contribution is 5.33. The van der Waals surface area contributed by atoms with Gasteiger partial charge in [-0.2, -0.15) is 0 Å². The van der Waals surface area contributed by atoms with Gasteiger partial charge in [-0.3, -0.25) is 4.90 Å². The smallest absolute Gasteiger partial charge is 0.140 e. The molecule has 0 spiro atoms. The Kier molecular flexibility index (Phi) is 4.76. The van der Waals surface area contributed by atoms with Crippen molar-refractivity contribution < 1.29 is 0 Å². The Morgan fingerprint density at radius 1 is 1.12 bits per heavy atom. The van der Waals surface area contributed by atoms with Gasteiger partial charge in [0.05, 0.1) is 5.69 Å². The third kappa shape index (κ3) is 3.98. The van der Waals surface area contributed by atoms with Crippen molar-refractivity contribution in [3.05, 3.63) is 23.9 Å². The van der Waals surface area contributed by atoms with Gasteiger partial charge in [-0.25, -0.2) is 10.8 Å². The molecule has 0 aliphatic carbocycles. The van der Waals surface area contributed by atoms with Crippen LogP contribution in [-0.4, -0.2) is 23.0 Å². The largest absolute Gasteiger partial charge is 0.308 e. The van der Waals surface area contributed by atoms with Gasteiger partial charge in [0.2, 0.25) is 0 Å². The zero-order chi connectivity index (χ0) is 11.9. The van der Waals surface area contributed by atoms with Crippen molar-refractivity contribution >= 4 is 5.82 Å². The highest BCUT2D eigenvalue weighted by Crippen LogP contribution is 2.13. The number of rotatable bonds is 3. The monoisotopic (exact) mass is 234 g/mol. The summed E-state index contributed by atoms with van der Waals surface area (Å²) in [6.45, 7) is 3.33. The summed E-state index contributed by atoms with van der Waals surface area (Å²) in [5, 5.41) is 0. The molecule has 2 rings (SSSR count). The van der Waals surface area contributed by atoms with Crippen LogP contribution in [0.3, 0.4) is 0 Å². The molecule has 0 unspecified atom stereocenters. The molecule has 2 heterocycles. The van der Waals surface area contributed by atoms with E-state index in [0.29, 0.717) is 0 Å². The van der Waals surface area contributed by atoms with Crippen LogP contribution < -0.4 is 11.3 Å². The molecule has 0 atom stereocenters. The van der Waals surface area contributed by atoms with Gasteiger partial charge in [-0.1, -0.05) is 25.3 Å². The third-order valence-electron chi connectivity index (χ3n) is 3.29. The standard InChI is InChI=1S/C13H22N4/c14-16-13-8-6-7-12(15-13)11-17-9-4-2-1-3-5-10-17/h6-8H,1-5,9-11,14H2,(H,15,16). The number of aromatic nitrogens is 1. The number of hydrazine groups is 1. The van der Waals surface area contributed by atoms with E-state index in [0.717, 1.165) is 18.1 Å². The molecule has 0 amide bonds. The van der Waals surface area contributed by atoms with Crippen LogP contribution in [0.4, 0.5) is 5.82 Å². The minimum Gasteiger partial charge on any atom is -0.308 e. The Labute approximate surface area is 103 Å². The summed E-state index contributed by atoms with van der Waals surface area (Å²) >= 11 is 0.